The van der Waals surface area contributed by atoms with Crippen molar-refractivity contribution in [3.8, 4) is 0 Å². The van der Waals surface area contributed by atoms with Crippen LogP contribution in [-0.4, -0.2) is 14.0 Å². The zero-order chi connectivity index (χ0) is 12.3. The summed E-state index contributed by atoms with van der Waals surface area (Å²) in [6.45, 7) is 10.9. The molecule has 1 heterocycles. The molecule has 0 saturated carbocycles. The molecule has 2 nitrogen and oxygen atoms in total. The van der Waals surface area contributed by atoms with E-state index in [0.29, 0.717) is 0 Å². The lowest BCUT2D eigenvalue weighted by Gasteiger charge is -2.31. The quantitative estimate of drug-likeness (QED) is 0.781. The fraction of sp³-hybridized carbons (Fsp3) is 0.583. The first kappa shape index (κ1) is 13.9. The van der Waals surface area contributed by atoms with Gasteiger partial charge < -0.3 is 4.43 Å². The summed E-state index contributed by atoms with van der Waals surface area (Å²) in [5.74, 6) is 0. The molecule has 1 unspecified atom stereocenters. The van der Waals surface area contributed by atoms with Gasteiger partial charge in [0.1, 0.15) is 0 Å². The van der Waals surface area contributed by atoms with Gasteiger partial charge in [-0.3, -0.25) is 4.98 Å². The minimum absolute atomic E-state index is 0.0722. The Morgan fingerprint density at radius 3 is 2.31 bits per heavy atom. The summed E-state index contributed by atoms with van der Waals surface area (Å²) in [5.41, 5.74) is 1.09. The van der Waals surface area contributed by atoms with Crippen molar-refractivity contribution >= 4 is 25.0 Å². The van der Waals surface area contributed by atoms with E-state index in [0.717, 1.165) is 10.2 Å². The maximum atomic E-state index is 6.06. The van der Waals surface area contributed by atoms with E-state index in [1.807, 2.05) is 18.3 Å². The first-order valence-electron chi connectivity index (χ1n) is 5.39. The number of aromatic nitrogens is 1. The Morgan fingerprint density at radius 2 is 1.94 bits per heavy atom. The molecule has 1 atom stereocenters. The molecule has 0 aliphatic heterocycles. The molecule has 16 heavy (non-hydrogen) atoms. The van der Waals surface area contributed by atoms with Crippen molar-refractivity contribution in [1.29, 1.82) is 0 Å². The van der Waals surface area contributed by atoms with E-state index in [9.17, 15) is 0 Å². The summed E-state index contributed by atoms with van der Waals surface area (Å²) in [6.07, 6.45) is 1.90. The normalized spacial score (nSPS) is 14.2. The molecule has 1 rings (SSSR count). The Morgan fingerprint density at radius 1 is 1.31 bits per heavy atom. The molecule has 1 radical (unpaired) electrons. The van der Waals surface area contributed by atoms with Gasteiger partial charge in [0.25, 0.3) is 0 Å². The Balaban J connectivity index is 2.97. The molecule has 0 aliphatic rings. The number of rotatable bonds is 3. The number of hydrogen-bond donors (Lipinski definition) is 0. The lowest BCUT2D eigenvalue weighted by molar-refractivity contribution is 0.0827. The second kappa shape index (κ2) is 5.43. The van der Waals surface area contributed by atoms with E-state index >= 15 is 0 Å². The molecule has 1 aromatic rings. The van der Waals surface area contributed by atoms with Gasteiger partial charge in [-0.1, -0.05) is 20.8 Å². The average Bonchev–Trinajstić information content (AvgIpc) is 2.14. The highest BCUT2D eigenvalue weighted by molar-refractivity contribution is 9.10. The molecular weight excluding hydrogens is 282 g/mol. The first-order valence-corrected chi connectivity index (χ1v) is 8.59. The van der Waals surface area contributed by atoms with E-state index in [2.05, 4.69) is 54.8 Å². The Kier molecular flexibility index (Phi) is 4.70. The second-order valence-corrected chi connectivity index (χ2v) is 8.14. The number of halogens is 1. The standard InChI is InChI=1S/C12H19BrNOSi/c1-12(2,3)11(15-16(4)5)10-7-6-9(13)8-14-10/h6-8,11H,1-5H3. The highest BCUT2D eigenvalue weighted by Crippen LogP contribution is 2.35. The van der Waals surface area contributed by atoms with Gasteiger partial charge in [-0.15, -0.1) is 0 Å². The van der Waals surface area contributed by atoms with Gasteiger partial charge in [-0.05, 0) is 46.6 Å². The molecule has 0 N–H and O–H groups in total. The topological polar surface area (TPSA) is 22.1 Å². The summed E-state index contributed by atoms with van der Waals surface area (Å²) in [5, 5.41) is 0. The fourth-order valence-electron chi connectivity index (χ4n) is 1.46. The van der Waals surface area contributed by atoms with E-state index in [4.69, 9.17) is 4.43 Å². The first-order chi connectivity index (χ1) is 7.30. The van der Waals surface area contributed by atoms with Crippen LogP contribution in [0.1, 0.15) is 32.6 Å². The lowest BCUT2D eigenvalue weighted by atomic mass is 9.87. The third-order valence-electron chi connectivity index (χ3n) is 2.16. The molecule has 89 valence electrons. The van der Waals surface area contributed by atoms with E-state index in [-0.39, 0.29) is 11.5 Å². The molecule has 0 aromatic carbocycles. The van der Waals surface area contributed by atoms with E-state index in [1.54, 1.807) is 0 Å². The van der Waals surface area contributed by atoms with Crippen molar-refractivity contribution in [2.24, 2.45) is 5.41 Å². The maximum absolute atomic E-state index is 6.06. The molecule has 1 aromatic heterocycles. The van der Waals surface area contributed by atoms with Crippen molar-refractivity contribution in [3.05, 3.63) is 28.5 Å². The van der Waals surface area contributed by atoms with Crippen LogP contribution in [0.5, 0.6) is 0 Å². The van der Waals surface area contributed by atoms with Crippen LogP contribution in [0.4, 0.5) is 0 Å². The highest BCUT2D eigenvalue weighted by Gasteiger charge is 2.29. The van der Waals surface area contributed by atoms with Crippen LogP contribution in [0.3, 0.4) is 0 Å². The molecule has 0 aliphatic carbocycles. The van der Waals surface area contributed by atoms with Crippen molar-refractivity contribution in [2.45, 2.75) is 40.0 Å². The number of nitrogens with zero attached hydrogens (tertiary/aromatic N) is 1. The minimum Gasteiger partial charge on any atom is -0.408 e. The maximum Gasteiger partial charge on any atom is 0.205 e. The molecule has 0 spiro atoms. The summed E-state index contributed by atoms with van der Waals surface area (Å²) in [4.78, 5) is 4.44. The smallest absolute Gasteiger partial charge is 0.205 e. The van der Waals surface area contributed by atoms with Crippen LogP contribution in [0.2, 0.25) is 13.1 Å². The summed E-state index contributed by atoms with van der Waals surface area (Å²) in [6, 6.07) is 4.05. The fourth-order valence-corrected chi connectivity index (χ4v) is 2.64. The predicted molar refractivity (Wildman–Crippen MR) is 72.7 cm³/mol. The van der Waals surface area contributed by atoms with Crippen LogP contribution in [0, 0.1) is 5.41 Å². The SMILES string of the molecule is C[Si](C)OC(c1ccc(Br)cn1)C(C)(C)C. The van der Waals surface area contributed by atoms with Gasteiger partial charge in [0.05, 0.1) is 11.8 Å². The number of hydrogen-bond acceptors (Lipinski definition) is 2. The largest absolute Gasteiger partial charge is 0.408 e. The number of pyridine rings is 1. The van der Waals surface area contributed by atoms with E-state index in [1.165, 1.54) is 0 Å². The molecule has 0 amide bonds. The predicted octanol–water partition coefficient (Wildman–Crippen LogP) is 4.20. The Hall–Kier alpha value is -0.193. The van der Waals surface area contributed by atoms with Gasteiger partial charge in [-0.25, -0.2) is 0 Å². The zero-order valence-corrected chi connectivity index (χ0v) is 13.1. The van der Waals surface area contributed by atoms with Gasteiger partial charge in [-0.2, -0.15) is 0 Å². The summed E-state index contributed by atoms with van der Waals surface area (Å²) in [7, 11) is -0.725. The summed E-state index contributed by atoms with van der Waals surface area (Å²) >= 11 is 3.40. The average molecular weight is 301 g/mol. The second-order valence-electron chi connectivity index (χ2n) is 5.17. The van der Waals surface area contributed by atoms with Crippen LogP contribution < -0.4 is 0 Å². The monoisotopic (exact) mass is 300 g/mol. The summed E-state index contributed by atoms with van der Waals surface area (Å²) < 4.78 is 7.07. The van der Waals surface area contributed by atoms with Crippen LogP contribution in [0.25, 0.3) is 0 Å². The lowest BCUT2D eigenvalue weighted by Crippen LogP contribution is -2.26. The van der Waals surface area contributed by atoms with Crippen molar-refractivity contribution < 1.29 is 4.43 Å². The van der Waals surface area contributed by atoms with Gasteiger partial charge in [0, 0.05) is 10.7 Å². The molecule has 0 bridgehead atoms. The van der Waals surface area contributed by atoms with Gasteiger partial charge in [0.15, 0.2) is 0 Å². The van der Waals surface area contributed by atoms with Crippen LogP contribution >= 0.6 is 15.9 Å². The van der Waals surface area contributed by atoms with Gasteiger partial charge >= 0.3 is 0 Å². The Bertz CT molecular complexity index is 332. The van der Waals surface area contributed by atoms with E-state index < -0.39 is 9.04 Å². The van der Waals surface area contributed by atoms with Crippen molar-refractivity contribution in [1.82, 2.24) is 4.98 Å². The van der Waals surface area contributed by atoms with Crippen LogP contribution in [0.15, 0.2) is 22.8 Å². The highest BCUT2D eigenvalue weighted by atomic mass is 79.9. The molecular formula is C12H19BrNOSi. The van der Waals surface area contributed by atoms with Crippen molar-refractivity contribution in [2.75, 3.05) is 0 Å². The third-order valence-corrected chi connectivity index (χ3v) is 3.34. The third kappa shape index (κ3) is 4.00. The van der Waals surface area contributed by atoms with Crippen molar-refractivity contribution in [3.63, 3.8) is 0 Å². The molecule has 0 fully saturated rings. The zero-order valence-electron chi connectivity index (χ0n) is 10.5. The minimum atomic E-state index is -0.725. The molecule has 0 saturated heterocycles. The Labute approximate surface area is 108 Å². The molecule has 4 heteroatoms. The van der Waals surface area contributed by atoms with Gasteiger partial charge in [0.2, 0.25) is 9.04 Å². The van der Waals surface area contributed by atoms with Crippen LogP contribution in [-0.2, 0) is 4.43 Å².